The number of ether oxygens (including phenoxy) is 1. The van der Waals surface area contributed by atoms with Crippen LogP contribution < -0.4 is 4.74 Å². The highest BCUT2D eigenvalue weighted by atomic mass is 16.5. The summed E-state index contributed by atoms with van der Waals surface area (Å²) in [6, 6.07) is 5.93. The van der Waals surface area contributed by atoms with E-state index in [2.05, 4.69) is 13.8 Å². The third-order valence-corrected chi connectivity index (χ3v) is 2.84. The first-order chi connectivity index (χ1) is 7.54. The molecule has 0 aliphatic rings. The van der Waals surface area contributed by atoms with Gasteiger partial charge in [-0.1, -0.05) is 32.4 Å². The summed E-state index contributed by atoms with van der Waals surface area (Å²) in [6.07, 6.45) is 0.628. The standard InChI is InChI=1S/C14H22O2/c1-5-10(2)9-16-14-8-11(3)6-7-13(14)12(4)15/h6-8,10,12,15H,5,9H2,1-4H3. The van der Waals surface area contributed by atoms with Crippen LogP contribution in [0.1, 0.15) is 44.4 Å². The van der Waals surface area contributed by atoms with Crippen molar-refractivity contribution < 1.29 is 9.84 Å². The Kier molecular flexibility index (Phi) is 4.81. The fraction of sp³-hybridized carbons (Fsp3) is 0.571. The number of aliphatic hydroxyl groups excluding tert-OH is 1. The highest BCUT2D eigenvalue weighted by molar-refractivity contribution is 5.38. The second-order valence-corrected chi connectivity index (χ2v) is 4.54. The normalized spacial score (nSPS) is 14.6. The lowest BCUT2D eigenvalue weighted by Gasteiger charge is -2.16. The van der Waals surface area contributed by atoms with Crippen LogP contribution in [0, 0.1) is 12.8 Å². The Bertz CT molecular complexity index is 332. The van der Waals surface area contributed by atoms with Gasteiger partial charge >= 0.3 is 0 Å². The maximum absolute atomic E-state index is 9.64. The van der Waals surface area contributed by atoms with Gasteiger partial charge in [0.1, 0.15) is 5.75 Å². The van der Waals surface area contributed by atoms with Gasteiger partial charge < -0.3 is 9.84 Å². The van der Waals surface area contributed by atoms with Crippen molar-refractivity contribution in [2.75, 3.05) is 6.61 Å². The molecule has 0 heterocycles. The first-order valence-corrected chi connectivity index (χ1v) is 5.96. The molecule has 2 atom stereocenters. The third-order valence-electron chi connectivity index (χ3n) is 2.84. The van der Waals surface area contributed by atoms with Gasteiger partial charge in [0.15, 0.2) is 0 Å². The lowest BCUT2D eigenvalue weighted by atomic mass is 10.1. The van der Waals surface area contributed by atoms with Crippen molar-refractivity contribution in [3.05, 3.63) is 29.3 Å². The predicted molar refractivity (Wildman–Crippen MR) is 66.8 cm³/mol. The smallest absolute Gasteiger partial charge is 0.125 e. The van der Waals surface area contributed by atoms with Gasteiger partial charge in [0.25, 0.3) is 0 Å². The average molecular weight is 222 g/mol. The molecule has 16 heavy (non-hydrogen) atoms. The van der Waals surface area contributed by atoms with Crippen molar-refractivity contribution in [3.63, 3.8) is 0 Å². The zero-order valence-electron chi connectivity index (χ0n) is 10.7. The second kappa shape index (κ2) is 5.90. The van der Waals surface area contributed by atoms with Crippen LogP contribution in [0.3, 0.4) is 0 Å². The van der Waals surface area contributed by atoms with E-state index in [1.165, 1.54) is 0 Å². The molecule has 2 nitrogen and oxygen atoms in total. The molecule has 2 heteroatoms. The highest BCUT2D eigenvalue weighted by Gasteiger charge is 2.10. The molecular weight excluding hydrogens is 200 g/mol. The van der Waals surface area contributed by atoms with Gasteiger partial charge in [-0.15, -0.1) is 0 Å². The van der Waals surface area contributed by atoms with Gasteiger partial charge in [0, 0.05) is 5.56 Å². The van der Waals surface area contributed by atoms with Crippen molar-refractivity contribution in [1.29, 1.82) is 0 Å². The molecule has 0 saturated heterocycles. The number of benzene rings is 1. The number of aliphatic hydroxyl groups is 1. The minimum atomic E-state index is -0.479. The van der Waals surface area contributed by atoms with Crippen LogP contribution >= 0.6 is 0 Å². The van der Waals surface area contributed by atoms with Crippen molar-refractivity contribution in [2.24, 2.45) is 5.92 Å². The highest BCUT2D eigenvalue weighted by Crippen LogP contribution is 2.26. The Balaban J connectivity index is 2.80. The molecule has 0 amide bonds. The minimum absolute atomic E-state index is 0.479. The molecule has 0 aliphatic carbocycles. The maximum Gasteiger partial charge on any atom is 0.125 e. The molecule has 0 saturated carbocycles. The summed E-state index contributed by atoms with van der Waals surface area (Å²) in [5, 5.41) is 9.64. The van der Waals surface area contributed by atoms with Crippen LogP contribution in [-0.2, 0) is 0 Å². The quantitative estimate of drug-likeness (QED) is 0.826. The van der Waals surface area contributed by atoms with Crippen LogP contribution in [0.2, 0.25) is 0 Å². The Labute approximate surface area is 98.3 Å². The maximum atomic E-state index is 9.64. The lowest BCUT2D eigenvalue weighted by molar-refractivity contribution is 0.186. The van der Waals surface area contributed by atoms with E-state index in [4.69, 9.17) is 4.74 Å². The number of rotatable bonds is 5. The first-order valence-electron chi connectivity index (χ1n) is 5.96. The van der Waals surface area contributed by atoms with Gasteiger partial charge in [-0.05, 0) is 31.4 Å². The predicted octanol–water partition coefficient (Wildman–Crippen LogP) is 3.47. The number of hydrogen-bond donors (Lipinski definition) is 1. The van der Waals surface area contributed by atoms with Crippen LogP contribution in [0.15, 0.2) is 18.2 Å². The van der Waals surface area contributed by atoms with Crippen molar-refractivity contribution >= 4 is 0 Å². The van der Waals surface area contributed by atoms with Crippen molar-refractivity contribution in [3.8, 4) is 5.75 Å². The lowest BCUT2D eigenvalue weighted by Crippen LogP contribution is -2.09. The summed E-state index contributed by atoms with van der Waals surface area (Å²) in [4.78, 5) is 0. The molecular formula is C14H22O2. The fourth-order valence-electron chi connectivity index (χ4n) is 1.46. The van der Waals surface area contributed by atoms with E-state index >= 15 is 0 Å². The summed E-state index contributed by atoms with van der Waals surface area (Å²) in [5.41, 5.74) is 2.03. The average Bonchev–Trinajstić information content (AvgIpc) is 2.25. The molecule has 1 aromatic rings. The van der Waals surface area contributed by atoms with Crippen LogP contribution in [0.5, 0.6) is 5.75 Å². The molecule has 0 bridgehead atoms. The summed E-state index contributed by atoms with van der Waals surface area (Å²) in [5.74, 6) is 1.36. The van der Waals surface area contributed by atoms with E-state index in [-0.39, 0.29) is 0 Å². The van der Waals surface area contributed by atoms with Crippen LogP contribution in [0.4, 0.5) is 0 Å². The van der Waals surface area contributed by atoms with Gasteiger partial charge in [0.2, 0.25) is 0 Å². The van der Waals surface area contributed by atoms with E-state index in [0.717, 1.165) is 23.3 Å². The third kappa shape index (κ3) is 3.53. The summed E-state index contributed by atoms with van der Waals surface area (Å²) >= 11 is 0. The van der Waals surface area contributed by atoms with E-state index < -0.39 is 6.10 Å². The second-order valence-electron chi connectivity index (χ2n) is 4.54. The summed E-state index contributed by atoms with van der Waals surface area (Å²) in [6.45, 7) is 8.82. The van der Waals surface area contributed by atoms with Crippen LogP contribution in [-0.4, -0.2) is 11.7 Å². The van der Waals surface area contributed by atoms with Crippen molar-refractivity contribution in [1.82, 2.24) is 0 Å². The van der Waals surface area contributed by atoms with Gasteiger partial charge in [-0.3, -0.25) is 0 Å². The molecule has 1 rings (SSSR count). The Morgan fingerprint density at radius 2 is 2.00 bits per heavy atom. The molecule has 0 radical (unpaired) electrons. The Hall–Kier alpha value is -1.02. The van der Waals surface area contributed by atoms with Gasteiger partial charge in [-0.25, -0.2) is 0 Å². The zero-order chi connectivity index (χ0) is 12.1. The molecule has 0 aromatic heterocycles. The molecule has 90 valence electrons. The van der Waals surface area contributed by atoms with E-state index in [1.54, 1.807) is 6.92 Å². The monoisotopic (exact) mass is 222 g/mol. The number of hydrogen-bond acceptors (Lipinski definition) is 2. The Morgan fingerprint density at radius 1 is 1.31 bits per heavy atom. The fourth-order valence-corrected chi connectivity index (χ4v) is 1.46. The van der Waals surface area contributed by atoms with E-state index in [0.29, 0.717) is 12.5 Å². The van der Waals surface area contributed by atoms with E-state index in [9.17, 15) is 5.11 Å². The van der Waals surface area contributed by atoms with Gasteiger partial charge in [0.05, 0.1) is 12.7 Å². The van der Waals surface area contributed by atoms with Crippen molar-refractivity contribution in [2.45, 2.75) is 40.2 Å². The molecule has 0 aliphatic heterocycles. The minimum Gasteiger partial charge on any atom is -0.493 e. The molecule has 2 unspecified atom stereocenters. The van der Waals surface area contributed by atoms with Gasteiger partial charge in [-0.2, -0.15) is 0 Å². The largest absolute Gasteiger partial charge is 0.493 e. The molecule has 1 N–H and O–H groups in total. The molecule has 0 spiro atoms. The first kappa shape index (κ1) is 13.0. The molecule has 0 fully saturated rings. The molecule has 1 aromatic carbocycles. The SMILES string of the molecule is CCC(C)COc1cc(C)ccc1C(C)O. The summed E-state index contributed by atoms with van der Waals surface area (Å²) in [7, 11) is 0. The summed E-state index contributed by atoms with van der Waals surface area (Å²) < 4.78 is 5.77. The van der Waals surface area contributed by atoms with E-state index in [1.807, 2.05) is 25.1 Å². The number of aryl methyl sites for hydroxylation is 1. The topological polar surface area (TPSA) is 29.5 Å². The van der Waals surface area contributed by atoms with Crippen LogP contribution in [0.25, 0.3) is 0 Å². The Morgan fingerprint density at radius 3 is 2.56 bits per heavy atom. The zero-order valence-corrected chi connectivity index (χ0v) is 10.7.